The van der Waals surface area contributed by atoms with Crippen LogP contribution in [0.1, 0.15) is 26.2 Å². The maximum Gasteiger partial charge on any atom is 0.319 e. The van der Waals surface area contributed by atoms with Gasteiger partial charge in [-0.1, -0.05) is 0 Å². The lowest BCUT2D eigenvalue weighted by Gasteiger charge is -2.39. The van der Waals surface area contributed by atoms with Crippen LogP contribution in [0.4, 0.5) is 16.3 Å². The summed E-state index contributed by atoms with van der Waals surface area (Å²) in [5, 5.41) is 5.78. The molecule has 0 aromatic carbocycles. The maximum absolute atomic E-state index is 11.9. The molecule has 0 aliphatic heterocycles. The van der Waals surface area contributed by atoms with E-state index in [9.17, 15) is 4.79 Å². The van der Waals surface area contributed by atoms with Crippen molar-refractivity contribution in [3.8, 4) is 0 Å². The molecule has 0 spiro atoms. The molecule has 6 heteroatoms. The van der Waals surface area contributed by atoms with E-state index >= 15 is 0 Å². The third-order valence-corrected chi connectivity index (χ3v) is 3.24. The molecule has 1 aliphatic rings. The molecule has 0 bridgehead atoms. The summed E-state index contributed by atoms with van der Waals surface area (Å²) < 4.78 is 0. The van der Waals surface area contributed by atoms with Crippen molar-refractivity contribution in [1.29, 1.82) is 0 Å². The number of amides is 2. The van der Waals surface area contributed by atoms with Gasteiger partial charge in [0.05, 0.1) is 6.20 Å². The third kappa shape index (κ3) is 2.69. The molecular formula is C12H19N5O. The molecule has 1 heterocycles. The summed E-state index contributed by atoms with van der Waals surface area (Å²) in [5.41, 5.74) is 0.556. The summed E-state index contributed by atoms with van der Waals surface area (Å²) in [4.78, 5) is 21.8. The Morgan fingerprint density at radius 2 is 2.17 bits per heavy atom. The first-order valence-electron chi connectivity index (χ1n) is 6.07. The number of aromatic nitrogens is 2. The van der Waals surface area contributed by atoms with Gasteiger partial charge in [-0.15, -0.1) is 0 Å². The van der Waals surface area contributed by atoms with Gasteiger partial charge in [0.1, 0.15) is 12.0 Å². The molecule has 0 unspecified atom stereocenters. The zero-order chi connectivity index (χ0) is 13.2. The number of rotatable bonds is 3. The molecule has 18 heavy (non-hydrogen) atoms. The van der Waals surface area contributed by atoms with E-state index in [0.29, 0.717) is 11.5 Å². The van der Waals surface area contributed by atoms with Gasteiger partial charge < -0.3 is 15.5 Å². The highest BCUT2D eigenvalue weighted by molar-refractivity contribution is 5.92. The maximum atomic E-state index is 11.9. The largest absolute Gasteiger partial charge is 0.361 e. The molecule has 1 saturated carbocycles. The average molecular weight is 249 g/mol. The van der Waals surface area contributed by atoms with E-state index in [2.05, 4.69) is 27.5 Å². The Hall–Kier alpha value is -1.85. The van der Waals surface area contributed by atoms with Crippen LogP contribution in [0.15, 0.2) is 12.5 Å². The minimum atomic E-state index is -0.199. The van der Waals surface area contributed by atoms with Crippen LogP contribution in [0.2, 0.25) is 0 Å². The summed E-state index contributed by atoms with van der Waals surface area (Å²) in [6.07, 6.45) is 6.31. The number of nitrogens with one attached hydrogen (secondary N) is 2. The summed E-state index contributed by atoms with van der Waals surface area (Å²) in [7, 11) is 3.75. The second kappa shape index (κ2) is 4.80. The molecule has 1 fully saturated rings. The van der Waals surface area contributed by atoms with Crippen LogP contribution < -0.4 is 15.5 Å². The minimum absolute atomic E-state index is 0.0575. The van der Waals surface area contributed by atoms with E-state index in [1.165, 1.54) is 12.7 Å². The molecule has 1 aliphatic carbocycles. The highest BCUT2D eigenvalue weighted by Crippen LogP contribution is 2.31. The second-order valence-corrected chi connectivity index (χ2v) is 5.15. The molecule has 2 amide bonds. The Balaban J connectivity index is 2.02. The Labute approximate surface area is 107 Å². The van der Waals surface area contributed by atoms with Crippen molar-refractivity contribution >= 4 is 17.5 Å². The second-order valence-electron chi connectivity index (χ2n) is 5.15. The lowest BCUT2D eigenvalue weighted by Crippen LogP contribution is -2.52. The lowest BCUT2D eigenvalue weighted by molar-refractivity contribution is 0.200. The predicted octanol–water partition coefficient (Wildman–Crippen LogP) is 1.61. The molecular weight excluding hydrogens is 230 g/mol. The van der Waals surface area contributed by atoms with Crippen molar-refractivity contribution in [1.82, 2.24) is 15.3 Å². The fourth-order valence-electron chi connectivity index (χ4n) is 2.03. The summed E-state index contributed by atoms with van der Waals surface area (Å²) in [5.74, 6) is 0.693. The SMILES string of the molecule is CN(C)c1ncncc1NC(=O)NC1(C)CCC1. The molecule has 1 aromatic heterocycles. The lowest BCUT2D eigenvalue weighted by atomic mass is 9.79. The van der Waals surface area contributed by atoms with Crippen molar-refractivity contribution < 1.29 is 4.79 Å². The Morgan fingerprint density at radius 1 is 1.44 bits per heavy atom. The molecule has 2 rings (SSSR count). The highest BCUT2D eigenvalue weighted by atomic mass is 16.2. The van der Waals surface area contributed by atoms with Crippen LogP contribution in [0.3, 0.4) is 0 Å². The Morgan fingerprint density at radius 3 is 2.72 bits per heavy atom. The predicted molar refractivity (Wildman–Crippen MR) is 70.8 cm³/mol. The Kier molecular flexibility index (Phi) is 3.36. The van der Waals surface area contributed by atoms with Gasteiger partial charge >= 0.3 is 6.03 Å². The standard InChI is InChI=1S/C12H19N5O/c1-12(5-4-6-12)16-11(18)15-9-7-13-8-14-10(9)17(2)3/h7-8H,4-6H2,1-3H3,(H2,15,16,18). The van der Waals surface area contributed by atoms with Crippen LogP contribution >= 0.6 is 0 Å². The molecule has 0 atom stereocenters. The summed E-state index contributed by atoms with van der Waals surface area (Å²) >= 11 is 0. The van der Waals surface area contributed by atoms with Crippen molar-refractivity contribution in [2.24, 2.45) is 0 Å². The van der Waals surface area contributed by atoms with Crippen molar-refractivity contribution in [3.63, 3.8) is 0 Å². The van der Waals surface area contributed by atoms with Gasteiger partial charge in [0.15, 0.2) is 5.82 Å². The van der Waals surface area contributed by atoms with Crippen molar-refractivity contribution in [2.45, 2.75) is 31.7 Å². The van der Waals surface area contributed by atoms with Gasteiger partial charge in [-0.3, -0.25) is 0 Å². The summed E-state index contributed by atoms with van der Waals surface area (Å²) in [6.45, 7) is 2.06. The van der Waals surface area contributed by atoms with Gasteiger partial charge in [0, 0.05) is 19.6 Å². The monoisotopic (exact) mass is 249 g/mol. The van der Waals surface area contributed by atoms with E-state index < -0.39 is 0 Å². The van der Waals surface area contributed by atoms with Crippen LogP contribution in [-0.4, -0.2) is 35.6 Å². The van der Waals surface area contributed by atoms with E-state index in [-0.39, 0.29) is 11.6 Å². The Bertz CT molecular complexity index is 442. The molecule has 98 valence electrons. The van der Waals surface area contributed by atoms with Gasteiger partial charge in [0.25, 0.3) is 0 Å². The van der Waals surface area contributed by atoms with E-state index in [1.807, 2.05) is 19.0 Å². The van der Waals surface area contributed by atoms with E-state index in [1.54, 1.807) is 6.20 Å². The number of urea groups is 1. The van der Waals surface area contributed by atoms with Gasteiger partial charge in [-0.25, -0.2) is 14.8 Å². The smallest absolute Gasteiger partial charge is 0.319 e. The quantitative estimate of drug-likeness (QED) is 0.853. The van der Waals surface area contributed by atoms with E-state index in [4.69, 9.17) is 0 Å². The first-order valence-corrected chi connectivity index (χ1v) is 6.07. The van der Waals surface area contributed by atoms with Crippen LogP contribution in [-0.2, 0) is 0 Å². The molecule has 0 saturated heterocycles. The van der Waals surface area contributed by atoms with Crippen molar-refractivity contribution in [2.75, 3.05) is 24.3 Å². The number of anilines is 2. The summed E-state index contributed by atoms with van der Waals surface area (Å²) in [6, 6.07) is -0.199. The number of carbonyl (C=O) groups is 1. The van der Waals surface area contributed by atoms with Crippen LogP contribution in [0, 0.1) is 0 Å². The molecule has 2 N–H and O–H groups in total. The zero-order valence-corrected chi connectivity index (χ0v) is 11.0. The zero-order valence-electron chi connectivity index (χ0n) is 11.0. The van der Waals surface area contributed by atoms with Crippen LogP contribution in [0.25, 0.3) is 0 Å². The number of hydrogen-bond donors (Lipinski definition) is 2. The third-order valence-electron chi connectivity index (χ3n) is 3.24. The first kappa shape index (κ1) is 12.6. The number of carbonyl (C=O) groups excluding carboxylic acids is 1. The topological polar surface area (TPSA) is 70.2 Å². The molecule has 6 nitrogen and oxygen atoms in total. The van der Waals surface area contributed by atoms with Crippen molar-refractivity contribution in [3.05, 3.63) is 12.5 Å². The van der Waals surface area contributed by atoms with E-state index in [0.717, 1.165) is 12.8 Å². The fourth-order valence-corrected chi connectivity index (χ4v) is 2.03. The minimum Gasteiger partial charge on any atom is -0.361 e. The number of hydrogen-bond acceptors (Lipinski definition) is 4. The number of nitrogens with zero attached hydrogens (tertiary/aromatic N) is 3. The average Bonchev–Trinajstić information content (AvgIpc) is 2.27. The van der Waals surface area contributed by atoms with Gasteiger partial charge in [-0.05, 0) is 26.2 Å². The highest BCUT2D eigenvalue weighted by Gasteiger charge is 2.33. The van der Waals surface area contributed by atoms with Crippen LogP contribution in [0.5, 0.6) is 0 Å². The molecule has 0 radical (unpaired) electrons. The normalized spacial score (nSPS) is 16.6. The van der Waals surface area contributed by atoms with Gasteiger partial charge in [-0.2, -0.15) is 0 Å². The molecule has 1 aromatic rings. The first-order chi connectivity index (χ1) is 8.50. The fraction of sp³-hybridized carbons (Fsp3) is 0.583. The van der Waals surface area contributed by atoms with Gasteiger partial charge in [0.2, 0.25) is 0 Å².